The minimum atomic E-state index is 0.225. The van der Waals surface area contributed by atoms with Crippen LogP contribution in [0.5, 0.6) is 11.5 Å². The second-order valence-electron chi connectivity index (χ2n) is 6.14. The molecule has 4 heteroatoms. The van der Waals surface area contributed by atoms with Crippen LogP contribution in [0.4, 0.5) is 0 Å². The van der Waals surface area contributed by atoms with Crippen LogP contribution < -0.4 is 14.8 Å². The van der Waals surface area contributed by atoms with Crippen LogP contribution in [0.15, 0.2) is 18.2 Å². The molecule has 1 heterocycles. The minimum Gasteiger partial charge on any atom is -0.493 e. The molecule has 116 valence electrons. The van der Waals surface area contributed by atoms with Crippen LogP contribution >= 0.6 is 0 Å². The van der Waals surface area contributed by atoms with E-state index in [0.29, 0.717) is 12.0 Å². The van der Waals surface area contributed by atoms with Crippen molar-refractivity contribution >= 4 is 0 Å². The summed E-state index contributed by atoms with van der Waals surface area (Å²) in [5.41, 5.74) is 1.23. The normalized spacial score (nSPS) is 26.2. The van der Waals surface area contributed by atoms with Crippen molar-refractivity contribution in [1.82, 2.24) is 5.32 Å². The Hall–Kier alpha value is -1.26. The summed E-state index contributed by atoms with van der Waals surface area (Å²) in [5.74, 6) is 2.30. The predicted molar refractivity (Wildman–Crippen MR) is 82.1 cm³/mol. The summed E-state index contributed by atoms with van der Waals surface area (Å²) >= 11 is 0. The van der Waals surface area contributed by atoms with Crippen LogP contribution in [0, 0.1) is 5.92 Å². The zero-order valence-corrected chi connectivity index (χ0v) is 12.7. The first-order chi connectivity index (χ1) is 10.3. The van der Waals surface area contributed by atoms with Gasteiger partial charge in [-0.3, -0.25) is 0 Å². The van der Waals surface area contributed by atoms with Crippen LogP contribution in [0.1, 0.15) is 37.2 Å². The van der Waals surface area contributed by atoms with E-state index in [2.05, 4.69) is 17.4 Å². The van der Waals surface area contributed by atoms with Crippen molar-refractivity contribution in [3.8, 4) is 11.5 Å². The fraction of sp³-hybridized carbons (Fsp3) is 0.647. The van der Waals surface area contributed by atoms with Gasteiger partial charge in [0.1, 0.15) is 0 Å². The lowest BCUT2D eigenvalue weighted by Gasteiger charge is -2.20. The lowest BCUT2D eigenvalue weighted by molar-refractivity contribution is 0.200. The van der Waals surface area contributed by atoms with Crippen LogP contribution in [0.25, 0.3) is 0 Å². The van der Waals surface area contributed by atoms with Gasteiger partial charge in [-0.25, -0.2) is 0 Å². The van der Waals surface area contributed by atoms with Crippen molar-refractivity contribution in [3.05, 3.63) is 23.8 Å². The first-order valence-electron chi connectivity index (χ1n) is 7.98. The number of hydrogen-bond acceptors (Lipinski definition) is 4. The molecular formula is C17H25NO3. The fourth-order valence-corrected chi connectivity index (χ4v) is 3.52. The first kappa shape index (κ1) is 14.7. The molecule has 0 aromatic heterocycles. The Balaban J connectivity index is 1.81. The van der Waals surface area contributed by atoms with Crippen molar-refractivity contribution < 1.29 is 14.6 Å². The molecule has 2 aliphatic rings. The minimum absolute atomic E-state index is 0.225. The Bertz CT molecular complexity index is 471. The highest BCUT2D eigenvalue weighted by molar-refractivity contribution is 5.44. The maximum atomic E-state index is 9.50. The third-order valence-corrected chi connectivity index (χ3v) is 4.79. The first-order valence-corrected chi connectivity index (χ1v) is 7.98. The molecule has 1 aromatic carbocycles. The molecule has 0 spiro atoms. The summed E-state index contributed by atoms with van der Waals surface area (Å²) in [4.78, 5) is 0. The fourth-order valence-electron chi connectivity index (χ4n) is 3.52. The molecule has 0 amide bonds. The molecule has 1 aliphatic heterocycles. The molecule has 0 radical (unpaired) electrons. The number of rotatable bonds is 5. The Morgan fingerprint density at radius 2 is 2.00 bits per heavy atom. The number of aliphatic hydroxyl groups excluding tert-OH is 1. The van der Waals surface area contributed by atoms with Crippen LogP contribution in [-0.2, 0) is 0 Å². The van der Waals surface area contributed by atoms with E-state index in [1.54, 1.807) is 7.11 Å². The smallest absolute Gasteiger partial charge is 0.161 e. The Kier molecular flexibility index (Phi) is 4.66. The second kappa shape index (κ2) is 6.67. The molecule has 1 saturated heterocycles. The van der Waals surface area contributed by atoms with E-state index in [0.717, 1.165) is 37.4 Å². The third kappa shape index (κ3) is 3.16. The molecule has 4 nitrogen and oxygen atoms in total. The molecule has 21 heavy (non-hydrogen) atoms. The van der Waals surface area contributed by atoms with Gasteiger partial charge in [0.2, 0.25) is 0 Å². The van der Waals surface area contributed by atoms with Gasteiger partial charge in [-0.2, -0.15) is 0 Å². The van der Waals surface area contributed by atoms with Gasteiger partial charge in [0.25, 0.3) is 0 Å². The molecule has 1 aliphatic carbocycles. The number of hydrogen-bond donors (Lipinski definition) is 2. The van der Waals surface area contributed by atoms with Gasteiger partial charge in [-0.15, -0.1) is 0 Å². The summed E-state index contributed by atoms with van der Waals surface area (Å²) < 4.78 is 11.6. The van der Waals surface area contributed by atoms with Gasteiger partial charge in [0.05, 0.1) is 13.2 Å². The molecule has 2 fully saturated rings. The monoisotopic (exact) mass is 291 g/mol. The summed E-state index contributed by atoms with van der Waals surface area (Å²) in [6.07, 6.45) is 5.11. The molecule has 3 rings (SSSR count). The van der Waals surface area contributed by atoms with Crippen molar-refractivity contribution in [1.29, 1.82) is 0 Å². The van der Waals surface area contributed by atoms with Gasteiger partial charge < -0.3 is 19.9 Å². The maximum absolute atomic E-state index is 9.50. The summed E-state index contributed by atoms with van der Waals surface area (Å²) in [6.45, 7) is 2.02. The van der Waals surface area contributed by atoms with E-state index in [1.807, 2.05) is 6.07 Å². The summed E-state index contributed by atoms with van der Waals surface area (Å²) in [6, 6.07) is 6.20. The molecule has 2 N–H and O–H groups in total. The molecule has 2 atom stereocenters. The largest absolute Gasteiger partial charge is 0.493 e. The SMILES string of the molecule is COc1ccc([C@H]2CNC[C@@H]2CO)cc1OC1CCCC1. The average Bonchev–Trinajstić information content (AvgIpc) is 3.18. The predicted octanol–water partition coefficient (Wildman–Crippen LogP) is 2.31. The number of aliphatic hydroxyl groups is 1. The quantitative estimate of drug-likeness (QED) is 0.874. The zero-order chi connectivity index (χ0) is 14.7. The topological polar surface area (TPSA) is 50.7 Å². The molecule has 0 unspecified atom stereocenters. The van der Waals surface area contributed by atoms with Crippen molar-refractivity contribution in [2.75, 3.05) is 26.8 Å². The Morgan fingerprint density at radius 1 is 1.19 bits per heavy atom. The van der Waals surface area contributed by atoms with E-state index in [9.17, 15) is 5.11 Å². The average molecular weight is 291 g/mol. The van der Waals surface area contributed by atoms with Crippen molar-refractivity contribution in [3.63, 3.8) is 0 Å². The van der Waals surface area contributed by atoms with Crippen LogP contribution in [0.3, 0.4) is 0 Å². The van der Waals surface area contributed by atoms with Gasteiger partial charge in [0, 0.05) is 31.5 Å². The number of nitrogens with one attached hydrogen (secondary N) is 1. The molecule has 1 aromatic rings. The van der Waals surface area contributed by atoms with Crippen LogP contribution in [-0.4, -0.2) is 38.0 Å². The second-order valence-corrected chi connectivity index (χ2v) is 6.14. The number of benzene rings is 1. The van der Waals surface area contributed by atoms with Gasteiger partial charge in [-0.05, 0) is 43.4 Å². The van der Waals surface area contributed by atoms with E-state index in [4.69, 9.17) is 9.47 Å². The van der Waals surface area contributed by atoms with E-state index >= 15 is 0 Å². The molecule has 0 bridgehead atoms. The standard InChI is InChI=1S/C17H25NO3/c1-20-16-7-6-12(15-10-18-9-13(15)11-19)8-17(16)21-14-4-2-3-5-14/h6-8,13-15,18-19H,2-5,9-11H2,1H3/t13-,15-/m1/s1. The van der Waals surface area contributed by atoms with Crippen molar-refractivity contribution in [2.45, 2.75) is 37.7 Å². The lowest BCUT2D eigenvalue weighted by Crippen LogP contribution is -2.16. The van der Waals surface area contributed by atoms with E-state index in [-0.39, 0.29) is 12.5 Å². The molecule has 1 saturated carbocycles. The highest BCUT2D eigenvalue weighted by atomic mass is 16.5. The summed E-state index contributed by atoms with van der Waals surface area (Å²) in [7, 11) is 1.68. The van der Waals surface area contributed by atoms with Crippen molar-refractivity contribution in [2.24, 2.45) is 5.92 Å². The Labute approximate surface area is 126 Å². The van der Waals surface area contributed by atoms with E-state index < -0.39 is 0 Å². The summed E-state index contributed by atoms with van der Waals surface area (Å²) in [5, 5.41) is 12.9. The lowest BCUT2D eigenvalue weighted by atomic mass is 9.89. The van der Waals surface area contributed by atoms with Gasteiger partial charge >= 0.3 is 0 Å². The van der Waals surface area contributed by atoms with Gasteiger partial charge in [0.15, 0.2) is 11.5 Å². The van der Waals surface area contributed by atoms with Gasteiger partial charge in [-0.1, -0.05) is 6.07 Å². The number of ether oxygens (including phenoxy) is 2. The van der Waals surface area contributed by atoms with Crippen LogP contribution in [0.2, 0.25) is 0 Å². The van der Waals surface area contributed by atoms with E-state index in [1.165, 1.54) is 18.4 Å². The maximum Gasteiger partial charge on any atom is 0.161 e. The third-order valence-electron chi connectivity index (χ3n) is 4.79. The number of methoxy groups -OCH3 is 1. The highest BCUT2D eigenvalue weighted by Gasteiger charge is 2.29. The Morgan fingerprint density at radius 3 is 2.71 bits per heavy atom. The molecular weight excluding hydrogens is 266 g/mol. The highest BCUT2D eigenvalue weighted by Crippen LogP contribution is 2.36. The zero-order valence-electron chi connectivity index (χ0n) is 12.7.